The van der Waals surface area contributed by atoms with Crippen LogP contribution in [0.5, 0.6) is 0 Å². The topological polar surface area (TPSA) is 89.4 Å². The Bertz CT molecular complexity index is 751. The number of carbonyl (C=O) groups excluding carboxylic acids is 1. The molecule has 1 atom stereocenters. The molecular formula is C23H37FIN5O3. The highest BCUT2D eigenvalue weighted by Crippen LogP contribution is 2.32. The zero-order chi connectivity index (χ0) is 22.8. The molecule has 186 valence electrons. The van der Waals surface area contributed by atoms with E-state index in [9.17, 15) is 14.3 Å². The molecule has 33 heavy (non-hydrogen) atoms. The monoisotopic (exact) mass is 577 g/mol. The number of hydrogen-bond acceptors (Lipinski definition) is 5. The molecule has 2 aliphatic rings. The fourth-order valence-corrected chi connectivity index (χ4v) is 4.19. The van der Waals surface area contributed by atoms with Gasteiger partial charge in [-0.2, -0.15) is 0 Å². The second kappa shape index (κ2) is 13.9. The summed E-state index contributed by atoms with van der Waals surface area (Å²) in [5.74, 6) is 0.564. The van der Waals surface area contributed by atoms with Crippen molar-refractivity contribution in [1.82, 2.24) is 15.5 Å². The van der Waals surface area contributed by atoms with E-state index in [4.69, 9.17) is 9.73 Å². The van der Waals surface area contributed by atoms with Crippen molar-refractivity contribution >= 4 is 41.5 Å². The molecule has 0 bridgehead atoms. The summed E-state index contributed by atoms with van der Waals surface area (Å²) in [4.78, 5) is 21.4. The van der Waals surface area contributed by atoms with E-state index >= 15 is 0 Å². The Balaban J connectivity index is 0.00000385. The maximum absolute atomic E-state index is 13.1. The van der Waals surface area contributed by atoms with Gasteiger partial charge in [0, 0.05) is 70.0 Å². The Morgan fingerprint density at radius 1 is 1.21 bits per heavy atom. The molecule has 10 heteroatoms. The van der Waals surface area contributed by atoms with Crippen LogP contribution in [0.1, 0.15) is 26.2 Å². The molecule has 2 heterocycles. The lowest BCUT2D eigenvalue weighted by Crippen LogP contribution is -2.49. The third kappa shape index (κ3) is 8.25. The lowest BCUT2D eigenvalue weighted by atomic mass is 9.84. The van der Waals surface area contributed by atoms with Crippen LogP contribution in [0.2, 0.25) is 0 Å². The van der Waals surface area contributed by atoms with Crippen LogP contribution in [-0.2, 0) is 9.53 Å². The Kier molecular flexibility index (Phi) is 11.6. The van der Waals surface area contributed by atoms with Crippen molar-refractivity contribution in [3.05, 3.63) is 30.1 Å². The Hall–Kier alpha value is -1.66. The van der Waals surface area contributed by atoms with Crippen LogP contribution in [0.3, 0.4) is 0 Å². The van der Waals surface area contributed by atoms with Gasteiger partial charge in [-0.3, -0.25) is 9.79 Å². The fraction of sp³-hybridized carbons (Fsp3) is 0.652. The molecule has 0 aromatic heterocycles. The molecule has 3 rings (SSSR count). The van der Waals surface area contributed by atoms with Crippen molar-refractivity contribution in [1.29, 1.82) is 0 Å². The minimum atomic E-state index is -0.240. The standard InChI is InChI=1S/C23H36FN5O3.HI/c1-2-25-22(27-17-23(8-15-30)9-16-32-18-23)26-10-7-21(31)29-13-11-28(12-14-29)20-5-3-19(24)4-6-20;/h3-6,30H,2,7-18H2,1H3,(H2,25,26,27);1H. The van der Waals surface area contributed by atoms with E-state index in [-0.39, 0.29) is 47.7 Å². The largest absolute Gasteiger partial charge is 0.396 e. The van der Waals surface area contributed by atoms with Gasteiger partial charge >= 0.3 is 0 Å². The maximum Gasteiger partial charge on any atom is 0.224 e. The summed E-state index contributed by atoms with van der Waals surface area (Å²) in [5.41, 5.74) is 0.884. The van der Waals surface area contributed by atoms with Crippen LogP contribution >= 0.6 is 24.0 Å². The Morgan fingerprint density at radius 3 is 2.55 bits per heavy atom. The first kappa shape index (κ1) is 27.6. The number of amides is 1. The van der Waals surface area contributed by atoms with Gasteiger partial charge < -0.3 is 30.3 Å². The molecule has 0 saturated carbocycles. The average molecular weight is 577 g/mol. The number of aliphatic hydroxyl groups excluding tert-OH is 1. The zero-order valence-corrected chi connectivity index (χ0v) is 21.7. The van der Waals surface area contributed by atoms with Gasteiger partial charge in [0.05, 0.1) is 13.2 Å². The van der Waals surface area contributed by atoms with Crippen LogP contribution in [0.4, 0.5) is 10.1 Å². The molecule has 0 aliphatic carbocycles. The molecule has 2 saturated heterocycles. The van der Waals surface area contributed by atoms with Gasteiger partial charge in [-0.1, -0.05) is 0 Å². The van der Waals surface area contributed by atoms with E-state index in [1.165, 1.54) is 12.1 Å². The van der Waals surface area contributed by atoms with Crippen LogP contribution in [0.25, 0.3) is 0 Å². The SMILES string of the molecule is CCNC(=NCC1(CCO)CCOC1)NCCC(=O)N1CCN(c2ccc(F)cc2)CC1.I. The van der Waals surface area contributed by atoms with Crippen LogP contribution < -0.4 is 15.5 Å². The number of halogens is 2. The van der Waals surface area contributed by atoms with Gasteiger partial charge in [0.15, 0.2) is 5.96 Å². The number of guanidine groups is 1. The number of hydrogen-bond donors (Lipinski definition) is 3. The number of aliphatic imine (C=N–C) groups is 1. The van der Waals surface area contributed by atoms with E-state index in [0.29, 0.717) is 58.2 Å². The van der Waals surface area contributed by atoms with Crippen molar-refractivity contribution in [2.75, 3.05) is 70.5 Å². The number of nitrogens with zero attached hydrogens (tertiary/aromatic N) is 3. The molecule has 0 radical (unpaired) electrons. The molecule has 0 spiro atoms. The minimum Gasteiger partial charge on any atom is -0.396 e. The quantitative estimate of drug-likeness (QED) is 0.236. The number of benzene rings is 1. The van der Waals surface area contributed by atoms with Gasteiger partial charge in [0.2, 0.25) is 5.91 Å². The van der Waals surface area contributed by atoms with Crippen molar-refractivity contribution < 1.29 is 19.0 Å². The molecule has 1 aromatic rings. The molecule has 1 amide bonds. The van der Waals surface area contributed by atoms with Crippen LogP contribution in [-0.4, -0.2) is 87.5 Å². The van der Waals surface area contributed by atoms with Gasteiger partial charge in [-0.05, 0) is 44.0 Å². The zero-order valence-electron chi connectivity index (χ0n) is 19.4. The normalized spacial score (nSPS) is 21.0. The highest BCUT2D eigenvalue weighted by Gasteiger charge is 2.34. The predicted molar refractivity (Wildman–Crippen MR) is 139 cm³/mol. The van der Waals surface area contributed by atoms with Crippen molar-refractivity contribution in [3.63, 3.8) is 0 Å². The number of aliphatic hydroxyl groups is 1. The summed E-state index contributed by atoms with van der Waals surface area (Å²) >= 11 is 0. The van der Waals surface area contributed by atoms with Gasteiger partial charge in [-0.15, -0.1) is 24.0 Å². The fourth-order valence-electron chi connectivity index (χ4n) is 4.19. The first-order chi connectivity index (χ1) is 15.5. The lowest BCUT2D eigenvalue weighted by Gasteiger charge is -2.36. The highest BCUT2D eigenvalue weighted by molar-refractivity contribution is 14.0. The van der Waals surface area contributed by atoms with Gasteiger partial charge in [0.1, 0.15) is 5.82 Å². The molecule has 2 aliphatic heterocycles. The van der Waals surface area contributed by atoms with Crippen molar-refractivity contribution in [2.24, 2.45) is 10.4 Å². The van der Waals surface area contributed by atoms with E-state index in [1.54, 1.807) is 12.1 Å². The summed E-state index contributed by atoms with van der Waals surface area (Å²) in [5, 5.41) is 15.9. The van der Waals surface area contributed by atoms with Crippen molar-refractivity contribution in [3.8, 4) is 0 Å². The molecule has 8 nitrogen and oxygen atoms in total. The van der Waals surface area contributed by atoms with Gasteiger partial charge in [-0.25, -0.2) is 4.39 Å². The summed E-state index contributed by atoms with van der Waals surface area (Å²) < 4.78 is 18.7. The lowest BCUT2D eigenvalue weighted by molar-refractivity contribution is -0.131. The van der Waals surface area contributed by atoms with E-state index < -0.39 is 0 Å². The summed E-state index contributed by atoms with van der Waals surface area (Å²) in [6.07, 6.45) is 1.98. The van der Waals surface area contributed by atoms with E-state index in [2.05, 4.69) is 15.5 Å². The summed E-state index contributed by atoms with van der Waals surface area (Å²) in [6.45, 7) is 8.09. The average Bonchev–Trinajstić information content (AvgIpc) is 3.27. The molecular weight excluding hydrogens is 540 g/mol. The number of piperazine rings is 1. The Labute approximate surface area is 213 Å². The predicted octanol–water partition coefficient (Wildman–Crippen LogP) is 1.83. The maximum atomic E-state index is 13.1. The summed E-state index contributed by atoms with van der Waals surface area (Å²) in [6, 6.07) is 6.49. The first-order valence-corrected chi connectivity index (χ1v) is 11.5. The second-order valence-electron chi connectivity index (χ2n) is 8.49. The Morgan fingerprint density at radius 2 is 1.94 bits per heavy atom. The third-order valence-electron chi connectivity index (χ3n) is 6.20. The number of anilines is 1. The smallest absolute Gasteiger partial charge is 0.224 e. The molecule has 3 N–H and O–H groups in total. The van der Waals surface area contributed by atoms with Crippen molar-refractivity contribution in [2.45, 2.75) is 26.2 Å². The number of ether oxygens (including phenoxy) is 1. The number of carbonyl (C=O) groups is 1. The number of rotatable bonds is 9. The molecule has 2 fully saturated rings. The van der Waals surface area contributed by atoms with Gasteiger partial charge in [0.25, 0.3) is 0 Å². The van der Waals surface area contributed by atoms with E-state index in [0.717, 1.165) is 31.7 Å². The van der Waals surface area contributed by atoms with Crippen LogP contribution in [0, 0.1) is 11.2 Å². The second-order valence-corrected chi connectivity index (χ2v) is 8.49. The van der Waals surface area contributed by atoms with Crippen LogP contribution in [0.15, 0.2) is 29.3 Å². The third-order valence-corrected chi connectivity index (χ3v) is 6.20. The molecule has 1 aromatic carbocycles. The molecule has 1 unspecified atom stereocenters. The highest BCUT2D eigenvalue weighted by atomic mass is 127. The first-order valence-electron chi connectivity index (χ1n) is 11.5. The number of nitrogens with one attached hydrogen (secondary N) is 2. The van der Waals surface area contributed by atoms with E-state index in [1.807, 2.05) is 11.8 Å². The minimum absolute atomic E-state index is 0. The summed E-state index contributed by atoms with van der Waals surface area (Å²) in [7, 11) is 0.